The molecule has 0 heterocycles. The van der Waals surface area contributed by atoms with E-state index in [0.29, 0.717) is 0 Å². The number of nitrogens with two attached hydrogens (primary N) is 1. The molecule has 3 heteroatoms. The Morgan fingerprint density at radius 1 is 0.947 bits per heavy atom. The molecule has 0 aromatic heterocycles. The molecule has 0 amide bonds. The van der Waals surface area contributed by atoms with E-state index in [2.05, 4.69) is 0 Å². The van der Waals surface area contributed by atoms with Crippen molar-refractivity contribution in [3.63, 3.8) is 0 Å². The standard InChI is InChI=1S/C16H19NO2/c1-12(16(17)13-7-4-3-5-8-13)19-15-10-6-9-14(11-15)18-2/h3-12,16H,17H2,1-2H3. The van der Waals surface area contributed by atoms with Crippen molar-refractivity contribution >= 4 is 0 Å². The molecule has 2 aromatic rings. The molecule has 0 fully saturated rings. The maximum absolute atomic E-state index is 6.20. The van der Waals surface area contributed by atoms with Crippen molar-refractivity contribution in [2.75, 3.05) is 7.11 Å². The molecule has 100 valence electrons. The van der Waals surface area contributed by atoms with Crippen molar-refractivity contribution in [1.82, 2.24) is 0 Å². The summed E-state index contributed by atoms with van der Waals surface area (Å²) in [5.74, 6) is 1.54. The highest BCUT2D eigenvalue weighted by molar-refractivity contribution is 5.33. The van der Waals surface area contributed by atoms with Crippen LogP contribution in [0.5, 0.6) is 11.5 Å². The summed E-state index contributed by atoms with van der Waals surface area (Å²) in [6, 6.07) is 17.3. The fourth-order valence-corrected chi connectivity index (χ4v) is 1.91. The van der Waals surface area contributed by atoms with Gasteiger partial charge in [0.05, 0.1) is 13.2 Å². The van der Waals surface area contributed by atoms with Crippen molar-refractivity contribution < 1.29 is 9.47 Å². The van der Waals surface area contributed by atoms with Crippen molar-refractivity contribution in [2.45, 2.75) is 19.1 Å². The van der Waals surface area contributed by atoms with E-state index in [0.717, 1.165) is 17.1 Å². The molecule has 2 aromatic carbocycles. The van der Waals surface area contributed by atoms with Gasteiger partial charge in [-0.1, -0.05) is 36.4 Å². The molecule has 0 bridgehead atoms. The Hall–Kier alpha value is -2.00. The maximum atomic E-state index is 6.20. The Bertz CT molecular complexity index is 513. The van der Waals surface area contributed by atoms with Gasteiger partial charge in [0.15, 0.2) is 0 Å². The topological polar surface area (TPSA) is 44.5 Å². The molecule has 2 N–H and O–H groups in total. The van der Waals surface area contributed by atoms with Crippen molar-refractivity contribution in [3.8, 4) is 11.5 Å². The third-order valence-electron chi connectivity index (χ3n) is 3.05. The highest BCUT2D eigenvalue weighted by atomic mass is 16.5. The van der Waals surface area contributed by atoms with Crippen LogP contribution in [0, 0.1) is 0 Å². The summed E-state index contributed by atoms with van der Waals surface area (Å²) in [7, 11) is 1.64. The maximum Gasteiger partial charge on any atom is 0.123 e. The molecule has 0 saturated heterocycles. The first kappa shape index (κ1) is 13.4. The van der Waals surface area contributed by atoms with Crippen LogP contribution in [0.4, 0.5) is 0 Å². The molecule has 3 nitrogen and oxygen atoms in total. The van der Waals surface area contributed by atoms with E-state index < -0.39 is 0 Å². The molecule has 0 spiro atoms. The number of hydrogen-bond donors (Lipinski definition) is 1. The summed E-state index contributed by atoms with van der Waals surface area (Å²) in [5, 5.41) is 0. The van der Waals surface area contributed by atoms with Crippen LogP contribution in [0.25, 0.3) is 0 Å². The van der Waals surface area contributed by atoms with E-state index in [9.17, 15) is 0 Å². The summed E-state index contributed by atoms with van der Waals surface area (Å²) in [6.07, 6.45) is -0.116. The number of rotatable bonds is 5. The molecular weight excluding hydrogens is 238 g/mol. The SMILES string of the molecule is COc1cccc(OC(C)C(N)c2ccccc2)c1. The van der Waals surface area contributed by atoms with E-state index in [1.165, 1.54) is 0 Å². The van der Waals surface area contributed by atoms with Crippen LogP contribution in [0.2, 0.25) is 0 Å². The first-order valence-electron chi connectivity index (χ1n) is 6.32. The van der Waals surface area contributed by atoms with Gasteiger partial charge >= 0.3 is 0 Å². The summed E-state index contributed by atoms with van der Waals surface area (Å²) >= 11 is 0. The van der Waals surface area contributed by atoms with Crippen molar-refractivity contribution in [2.24, 2.45) is 5.73 Å². The third-order valence-corrected chi connectivity index (χ3v) is 3.05. The Balaban J connectivity index is 2.06. The molecule has 2 unspecified atom stereocenters. The van der Waals surface area contributed by atoms with Crippen LogP contribution >= 0.6 is 0 Å². The molecule has 2 atom stereocenters. The molecule has 0 radical (unpaired) electrons. The Kier molecular flexibility index (Phi) is 4.42. The van der Waals surface area contributed by atoms with Gasteiger partial charge in [0.25, 0.3) is 0 Å². The van der Waals surface area contributed by atoms with Gasteiger partial charge in [0.2, 0.25) is 0 Å². The molecule has 19 heavy (non-hydrogen) atoms. The first-order valence-corrected chi connectivity index (χ1v) is 6.32. The second kappa shape index (κ2) is 6.25. The Morgan fingerprint density at radius 2 is 1.63 bits per heavy atom. The summed E-state index contributed by atoms with van der Waals surface area (Å²) in [5.41, 5.74) is 7.27. The fourth-order valence-electron chi connectivity index (χ4n) is 1.91. The lowest BCUT2D eigenvalue weighted by Crippen LogP contribution is -2.28. The number of ether oxygens (including phenoxy) is 2. The van der Waals surface area contributed by atoms with Crippen LogP contribution in [0.1, 0.15) is 18.5 Å². The lowest BCUT2D eigenvalue weighted by atomic mass is 10.0. The van der Waals surface area contributed by atoms with Crippen molar-refractivity contribution in [1.29, 1.82) is 0 Å². The van der Waals surface area contributed by atoms with E-state index >= 15 is 0 Å². The van der Waals surface area contributed by atoms with Gasteiger partial charge in [0.1, 0.15) is 17.6 Å². The molecule has 0 saturated carbocycles. The number of benzene rings is 2. The minimum atomic E-state index is -0.160. The minimum absolute atomic E-state index is 0.116. The third kappa shape index (κ3) is 3.48. The van der Waals surface area contributed by atoms with Crippen LogP contribution in [-0.4, -0.2) is 13.2 Å². The summed E-state index contributed by atoms with van der Waals surface area (Å²) in [6.45, 7) is 1.97. The monoisotopic (exact) mass is 257 g/mol. The highest BCUT2D eigenvalue weighted by Gasteiger charge is 2.16. The molecule has 0 aliphatic carbocycles. The first-order chi connectivity index (χ1) is 9.20. The minimum Gasteiger partial charge on any atom is -0.497 e. The van der Waals surface area contributed by atoms with Crippen LogP contribution in [0.3, 0.4) is 0 Å². The van der Waals surface area contributed by atoms with Gasteiger partial charge < -0.3 is 15.2 Å². The van der Waals surface area contributed by atoms with Crippen molar-refractivity contribution in [3.05, 3.63) is 60.2 Å². The number of hydrogen-bond acceptors (Lipinski definition) is 3. The predicted octanol–water partition coefficient (Wildman–Crippen LogP) is 3.16. The predicted molar refractivity (Wildman–Crippen MR) is 76.5 cm³/mol. The second-order valence-electron chi connectivity index (χ2n) is 4.44. The molecule has 0 aliphatic rings. The lowest BCUT2D eigenvalue weighted by molar-refractivity contribution is 0.190. The Morgan fingerprint density at radius 3 is 2.32 bits per heavy atom. The highest BCUT2D eigenvalue weighted by Crippen LogP contribution is 2.23. The van der Waals surface area contributed by atoms with Gasteiger partial charge in [-0.15, -0.1) is 0 Å². The number of methoxy groups -OCH3 is 1. The quantitative estimate of drug-likeness (QED) is 0.894. The van der Waals surface area contributed by atoms with E-state index in [4.69, 9.17) is 15.2 Å². The largest absolute Gasteiger partial charge is 0.497 e. The lowest BCUT2D eigenvalue weighted by Gasteiger charge is -2.22. The average molecular weight is 257 g/mol. The van der Waals surface area contributed by atoms with E-state index in [-0.39, 0.29) is 12.1 Å². The summed E-state index contributed by atoms with van der Waals surface area (Å²) < 4.78 is 11.0. The van der Waals surface area contributed by atoms with Gasteiger partial charge in [-0.05, 0) is 24.6 Å². The zero-order chi connectivity index (χ0) is 13.7. The smallest absolute Gasteiger partial charge is 0.123 e. The van der Waals surface area contributed by atoms with Crippen LogP contribution < -0.4 is 15.2 Å². The zero-order valence-electron chi connectivity index (χ0n) is 11.2. The van der Waals surface area contributed by atoms with Gasteiger partial charge in [-0.25, -0.2) is 0 Å². The van der Waals surface area contributed by atoms with E-state index in [1.807, 2.05) is 61.5 Å². The van der Waals surface area contributed by atoms with E-state index in [1.54, 1.807) is 7.11 Å². The average Bonchev–Trinajstić information content (AvgIpc) is 2.47. The normalized spacial score (nSPS) is 13.6. The second-order valence-corrected chi connectivity index (χ2v) is 4.44. The van der Waals surface area contributed by atoms with Crippen LogP contribution in [-0.2, 0) is 0 Å². The summed E-state index contributed by atoms with van der Waals surface area (Å²) in [4.78, 5) is 0. The fraction of sp³-hybridized carbons (Fsp3) is 0.250. The van der Waals surface area contributed by atoms with Crippen LogP contribution in [0.15, 0.2) is 54.6 Å². The van der Waals surface area contributed by atoms with Gasteiger partial charge in [-0.3, -0.25) is 0 Å². The Labute approximate surface area is 114 Å². The molecule has 2 rings (SSSR count). The zero-order valence-corrected chi connectivity index (χ0v) is 11.2. The van der Waals surface area contributed by atoms with Gasteiger partial charge in [-0.2, -0.15) is 0 Å². The molecular formula is C16H19NO2. The van der Waals surface area contributed by atoms with Gasteiger partial charge in [0, 0.05) is 6.07 Å². The molecule has 0 aliphatic heterocycles.